The number of nitrogens with one attached hydrogen (secondary N) is 2. The van der Waals surface area contributed by atoms with E-state index in [-0.39, 0.29) is 24.8 Å². The van der Waals surface area contributed by atoms with E-state index in [9.17, 15) is 9.59 Å². The normalized spacial score (nSPS) is 13.4. The Kier molecular flexibility index (Phi) is 6.73. The summed E-state index contributed by atoms with van der Waals surface area (Å²) in [6, 6.07) is 15.2. The summed E-state index contributed by atoms with van der Waals surface area (Å²) in [4.78, 5) is 24.5. The van der Waals surface area contributed by atoms with Gasteiger partial charge in [0.25, 0.3) is 0 Å². The van der Waals surface area contributed by atoms with Gasteiger partial charge in [0.1, 0.15) is 6.54 Å². The van der Waals surface area contributed by atoms with Crippen molar-refractivity contribution < 1.29 is 19.1 Å². The van der Waals surface area contributed by atoms with Crippen molar-refractivity contribution in [3.63, 3.8) is 0 Å². The largest absolute Gasteiger partial charge is 0.493 e. The monoisotopic (exact) mass is 395 g/mol. The third-order valence-electron chi connectivity index (χ3n) is 4.44. The topological polar surface area (TPSA) is 79.9 Å². The highest BCUT2D eigenvalue weighted by molar-refractivity contribution is 5.88. The first-order valence-electron chi connectivity index (χ1n) is 9.49. The molecule has 152 valence electrons. The van der Waals surface area contributed by atoms with Crippen molar-refractivity contribution in [2.24, 2.45) is 0 Å². The number of carbonyl (C=O) groups is 2. The Hall–Kier alpha value is -3.48. The first kappa shape index (κ1) is 20.3. The smallest absolute Gasteiger partial charge is 0.245 e. The number of nitrogens with zero attached hydrogens (tertiary/aromatic N) is 1. The van der Waals surface area contributed by atoms with Gasteiger partial charge in [-0.25, -0.2) is 5.01 Å². The molecule has 2 aromatic rings. The predicted molar refractivity (Wildman–Crippen MR) is 110 cm³/mol. The first-order chi connectivity index (χ1) is 14.1. The van der Waals surface area contributed by atoms with Crippen molar-refractivity contribution >= 4 is 17.5 Å². The van der Waals surface area contributed by atoms with Crippen molar-refractivity contribution in [3.8, 4) is 11.5 Å². The molecule has 0 spiro atoms. The van der Waals surface area contributed by atoms with Gasteiger partial charge in [0.2, 0.25) is 11.8 Å². The highest BCUT2D eigenvalue weighted by atomic mass is 16.5. The molecule has 2 aromatic carbocycles. The predicted octanol–water partition coefficient (Wildman–Crippen LogP) is 2.49. The third kappa shape index (κ3) is 5.28. The Morgan fingerprint density at radius 3 is 2.69 bits per heavy atom. The summed E-state index contributed by atoms with van der Waals surface area (Å²) in [5.41, 5.74) is 5.69. The van der Waals surface area contributed by atoms with Gasteiger partial charge >= 0.3 is 0 Å². The highest BCUT2D eigenvalue weighted by Crippen LogP contribution is 2.28. The second-order valence-corrected chi connectivity index (χ2v) is 6.47. The van der Waals surface area contributed by atoms with Crippen LogP contribution in [0.2, 0.25) is 0 Å². The lowest BCUT2D eigenvalue weighted by Crippen LogP contribution is -2.49. The van der Waals surface area contributed by atoms with Crippen molar-refractivity contribution in [1.29, 1.82) is 0 Å². The van der Waals surface area contributed by atoms with Gasteiger partial charge in [-0.1, -0.05) is 36.4 Å². The molecule has 29 heavy (non-hydrogen) atoms. The Morgan fingerprint density at radius 2 is 1.97 bits per heavy atom. The number of methoxy groups -OCH3 is 1. The van der Waals surface area contributed by atoms with Crippen molar-refractivity contribution in [1.82, 2.24) is 15.8 Å². The minimum absolute atomic E-state index is 0.0723. The van der Waals surface area contributed by atoms with Gasteiger partial charge in [0.05, 0.1) is 19.4 Å². The Balaban J connectivity index is 1.56. The van der Waals surface area contributed by atoms with Crippen LogP contribution in [0.3, 0.4) is 0 Å². The number of hydrazine groups is 1. The fourth-order valence-corrected chi connectivity index (χ4v) is 2.98. The van der Waals surface area contributed by atoms with E-state index in [1.807, 2.05) is 61.5 Å². The molecule has 7 heteroatoms. The summed E-state index contributed by atoms with van der Waals surface area (Å²) >= 11 is 0. The summed E-state index contributed by atoms with van der Waals surface area (Å²) in [6.07, 6.45) is 2.08. The molecule has 0 aromatic heterocycles. The first-order valence-corrected chi connectivity index (χ1v) is 9.49. The molecule has 1 aliphatic heterocycles. The van der Waals surface area contributed by atoms with Gasteiger partial charge in [-0.3, -0.25) is 15.0 Å². The Bertz CT molecular complexity index is 896. The lowest BCUT2D eigenvalue weighted by Gasteiger charge is -2.28. The van der Waals surface area contributed by atoms with Gasteiger partial charge in [-0.05, 0) is 36.3 Å². The van der Waals surface area contributed by atoms with Crippen LogP contribution in [0.4, 0.5) is 0 Å². The molecule has 1 aliphatic rings. The van der Waals surface area contributed by atoms with Crippen LogP contribution in [0, 0.1) is 0 Å². The van der Waals surface area contributed by atoms with E-state index in [1.54, 1.807) is 7.11 Å². The molecule has 2 N–H and O–H groups in total. The van der Waals surface area contributed by atoms with E-state index in [1.165, 1.54) is 5.01 Å². The molecule has 0 unspecified atom stereocenters. The molecule has 0 atom stereocenters. The average molecular weight is 395 g/mol. The third-order valence-corrected chi connectivity index (χ3v) is 4.44. The summed E-state index contributed by atoms with van der Waals surface area (Å²) in [7, 11) is 1.58. The second-order valence-electron chi connectivity index (χ2n) is 6.47. The number of ether oxygens (including phenoxy) is 2. The molecule has 0 radical (unpaired) electrons. The van der Waals surface area contributed by atoms with Crippen LogP contribution < -0.4 is 20.2 Å². The molecule has 3 rings (SSSR count). The standard InChI is InChI=1S/C22H25N3O4/c1-3-29-19-11-9-16(13-20(19)28-2)14-23-21(26)15-25-22(27)12-10-18(24-25)17-7-5-4-6-8-17/h4-11,13,24H,3,12,14-15H2,1-2H3,(H,23,26). The summed E-state index contributed by atoms with van der Waals surface area (Å²) in [5.74, 6) is 0.869. The van der Waals surface area contributed by atoms with Crippen LogP contribution in [0.15, 0.2) is 54.6 Å². The number of benzene rings is 2. The lowest BCUT2D eigenvalue weighted by molar-refractivity contribution is -0.137. The quantitative estimate of drug-likeness (QED) is 0.718. The summed E-state index contributed by atoms with van der Waals surface area (Å²) < 4.78 is 10.8. The van der Waals surface area contributed by atoms with Gasteiger partial charge in [0, 0.05) is 13.0 Å². The van der Waals surface area contributed by atoms with Crippen LogP contribution in [0.1, 0.15) is 24.5 Å². The van der Waals surface area contributed by atoms with Gasteiger partial charge < -0.3 is 14.8 Å². The zero-order valence-electron chi connectivity index (χ0n) is 16.6. The molecule has 2 amide bonds. The van der Waals surface area contributed by atoms with Gasteiger partial charge in [-0.2, -0.15) is 0 Å². The summed E-state index contributed by atoms with van der Waals surface area (Å²) in [6.45, 7) is 2.70. The second kappa shape index (κ2) is 9.64. The van der Waals surface area contributed by atoms with E-state index in [2.05, 4.69) is 10.7 Å². The number of hydrogen-bond donors (Lipinski definition) is 2. The van der Waals surface area contributed by atoms with E-state index in [0.717, 1.165) is 16.8 Å². The maximum absolute atomic E-state index is 12.4. The average Bonchev–Trinajstić information content (AvgIpc) is 2.75. The molecular formula is C22H25N3O4. The zero-order chi connectivity index (χ0) is 20.6. The Labute approximate surface area is 170 Å². The number of carbonyl (C=O) groups excluding carboxylic acids is 2. The minimum Gasteiger partial charge on any atom is -0.493 e. The number of amides is 2. The van der Waals surface area contributed by atoms with Crippen molar-refractivity contribution in [2.75, 3.05) is 20.3 Å². The lowest BCUT2D eigenvalue weighted by atomic mass is 10.1. The molecule has 0 saturated heterocycles. The fourth-order valence-electron chi connectivity index (χ4n) is 2.98. The molecule has 7 nitrogen and oxygen atoms in total. The van der Waals surface area contributed by atoms with E-state index < -0.39 is 0 Å². The molecule has 1 heterocycles. The Morgan fingerprint density at radius 1 is 1.17 bits per heavy atom. The molecule has 0 fully saturated rings. The number of rotatable bonds is 8. The maximum atomic E-state index is 12.4. The van der Waals surface area contributed by atoms with Crippen LogP contribution in [-0.4, -0.2) is 37.1 Å². The summed E-state index contributed by atoms with van der Waals surface area (Å²) in [5, 5.41) is 4.18. The molecule has 0 saturated carbocycles. The van der Waals surface area contributed by atoms with Crippen molar-refractivity contribution in [3.05, 3.63) is 65.7 Å². The van der Waals surface area contributed by atoms with Crippen molar-refractivity contribution in [2.45, 2.75) is 19.9 Å². The van der Waals surface area contributed by atoms with E-state index in [4.69, 9.17) is 9.47 Å². The van der Waals surface area contributed by atoms with E-state index in [0.29, 0.717) is 24.7 Å². The molecular weight excluding hydrogens is 370 g/mol. The van der Waals surface area contributed by atoms with Crippen LogP contribution in [-0.2, 0) is 16.1 Å². The minimum atomic E-state index is -0.256. The van der Waals surface area contributed by atoms with Crippen LogP contribution in [0.5, 0.6) is 11.5 Å². The zero-order valence-corrected chi connectivity index (χ0v) is 16.6. The van der Waals surface area contributed by atoms with E-state index >= 15 is 0 Å². The molecule has 0 aliphatic carbocycles. The van der Waals surface area contributed by atoms with Crippen LogP contribution >= 0.6 is 0 Å². The maximum Gasteiger partial charge on any atom is 0.245 e. The number of hydrogen-bond acceptors (Lipinski definition) is 5. The molecule has 0 bridgehead atoms. The van der Waals surface area contributed by atoms with Gasteiger partial charge in [0.15, 0.2) is 11.5 Å². The highest BCUT2D eigenvalue weighted by Gasteiger charge is 2.22. The van der Waals surface area contributed by atoms with Gasteiger partial charge in [-0.15, -0.1) is 0 Å². The SMILES string of the molecule is CCOc1ccc(CNC(=O)CN2NC(c3ccccc3)=CCC2=O)cc1OC. The van der Waals surface area contributed by atoms with Crippen LogP contribution in [0.25, 0.3) is 5.70 Å². The fraction of sp³-hybridized carbons (Fsp3) is 0.273.